The molecule has 4 rings (SSSR count). The molecule has 0 aliphatic carbocycles. The molecular formula is C23H25N3O3S. The molecule has 1 fully saturated rings. The lowest BCUT2D eigenvalue weighted by Crippen LogP contribution is -2.36. The Morgan fingerprint density at radius 3 is 2.60 bits per heavy atom. The van der Waals surface area contributed by atoms with Gasteiger partial charge in [-0.2, -0.15) is 0 Å². The van der Waals surface area contributed by atoms with Gasteiger partial charge in [0.25, 0.3) is 0 Å². The summed E-state index contributed by atoms with van der Waals surface area (Å²) >= 11 is 1.55. The summed E-state index contributed by atoms with van der Waals surface area (Å²) in [4.78, 5) is 23.5. The summed E-state index contributed by atoms with van der Waals surface area (Å²) < 4.78 is 10.8. The minimum absolute atomic E-state index is 0.143. The highest BCUT2D eigenvalue weighted by atomic mass is 32.1. The predicted molar refractivity (Wildman–Crippen MR) is 118 cm³/mol. The van der Waals surface area contributed by atoms with Crippen molar-refractivity contribution in [2.75, 3.05) is 31.2 Å². The third-order valence-electron chi connectivity index (χ3n) is 5.05. The molecule has 0 saturated carbocycles. The molecule has 0 radical (unpaired) electrons. The van der Waals surface area contributed by atoms with E-state index in [1.54, 1.807) is 23.6 Å². The molecule has 0 amide bonds. The molecule has 1 saturated heterocycles. The number of nitrogens with zero attached hydrogens (tertiary/aromatic N) is 3. The first-order valence-corrected chi connectivity index (χ1v) is 11.0. The van der Waals surface area contributed by atoms with Crippen molar-refractivity contribution in [3.05, 3.63) is 64.8 Å². The van der Waals surface area contributed by atoms with Gasteiger partial charge in [0.05, 0.1) is 24.5 Å². The highest BCUT2D eigenvalue weighted by molar-refractivity contribution is 7.13. The monoisotopic (exact) mass is 423 g/mol. The number of rotatable bonds is 6. The minimum atomic E-state index is -0.396. The molecule has 0 unspecified atom stereocenters. The zero-order valence-electron chi connectivity index (χ0n) is 17.2. The van der Waals surface area contributed by atoms with Crippen LogP contribution in [0, 0.1) is 0 Å². The van der Waals surface area contributed by atoms with E-state index in [2.05, 4.69) is 53.0 Å². The Labute approximate surface area is 180 Å². The number of carbonyl (C=O) groups is 1. The third-order valence-corrected chi connectivity index (χ3v) is 5.99. The number of aromatic nitrogens is 2. The quantitative estimate of drug-likeness (QED) is 0.543. The van der Waals surface area contributed by atoms with Crippen molar-refractivity contribution in [1.82, 2.24) is 9.97 Å². The fourth-order valence-electron chi connectivity index (χ4n) is 3.23. The van der Waals surface area contributed by atoms with Crippen LogP contribution in [0.4, 0.5) is 5.82 Å². The third kappa shape index (κ3) is 4.86. The SMILES string of the molecule is CC(C)c1ccc(-c2nc(COC(=O)c3ccc(N4CCOCC4)nc3)cs2)cc1. The van der Waals surface area contributed by atoms with Crippen molar-refractivity contribution in [2.45, 2.75) is 26.4 Å². The predicted octanol–water partition coefficient (Wildman–Crippen LogP) is 4.52. The van der Waals surface area contributed by atoms with E-state index in [4.69, 9.17) is 9.47 Å². The molecule has 2 aromatic heterocycles. The largest absolute Gasteiger partial charge is 0.456 e. The number of thiazole rings is 1. The topological polar surface area (TPSA) is 64.5 Å². The lowest BCUT2D eigenvalue weighted by Gasteiger charge is -2.27. The molecule has 0 atom stereocenters. The molecule has 1 aliphatic rings. The summed E-state index contributed by atoms with van der Waals surface area (Å²) in [7, 11) is 0. The molecule has 0 N–H and O–H groups in total. The maximum absolute atomic E-state index is 12.4. The Bertz CT molecular complexity index is 978. The Morgan fingerprint density at radius 1 is 1.17 bits per heavy atom. The maximum Gasteiger partial charge on any atom is 0.340 e. The molecule has 0 bridgehead atoms. The first-order valence-electron chi connectivity index (χ1n) is 10.1. The Balaban J connectivity index is 1.34. The number of benzene rings is 1. The van der Waals surface area contributed by atoms with Crippen LogP contribution in [-0.2, 0) is 16.1 Å². The number of esters is 1. The zero-order valence-corrected chi connectivity index (χ0v) is 18.0. The van der Waals surface area contributed by atoms with Gasteiger partial charge in [-0.05, 0) is 23.6 Å². The summed E-state index contributed by atoms with van der Waals surface area (Å²) in [6.07, 6.45) is 1.57. The molecule has 0 spiro atoms. The van der Waals surface area contributed by atoms with E-state index < -0.39 is 5.97 Å². The molecule has 1 aliphatic heterocycles. The Kier molecular flexibility index (Phi) is 6.40. The summed E-state index contributed by atoms with van der Waals surface area (Å²) in [5.41, 5.74) is 3.56. The van der Waals surface area contributed by atoms with Crippen molar-refractivity contribution in [3.8, 4) is 10.6 Å². The Hall–Kier alpha value is -2.77. The van der Waals surface area contributed by atoms with Crippen LogP contribution in [0.2, 0.25) is 0 Å². The van der Waals surface area contributed by atoms with Crippen LogP contribution in [0.15, 0.2) is 48.0 Å². The molecule has 1 aromatic carbocycles. The van der Waals surface area contributed by atoms with Crippen molar-refractivity contribution in [1.29, 1.82) is 0 Å². The molecule has 6 nitrogen and oxygen atoms in total. The molecule has 30 heavy (non-hydrogen) atoms. The zero-order chi connectivity index (χ0) is 20.9. The summed E-state index contributed by atoms with van der Waals surface area (Å²) in [5.74, 6) is 0.956. The van der Waals surface area contributed by atoms with E-state index in [9.17, 15) is 4.79 Å². The second-order valence-electron chi connectivity index (χ2n) is 7.50. The minimum Gasteiger partial charge on any atom is -0.456 e. The average Bonchev–Trinajstić information content (AvgIpc) is 3.27. The molecular weight excluding hydrogens is 398 g/mol. The van der Waals surface area contributed by atoms with Crippen LogP contribution in [0.3, 0.4) is 0 Å². The normalized spacial score (nSPS) is 14.2. The van der Waals surface area contributed by atoms with E-state index in [1.807, 2.05) is 11.4 Å². The second kappa shape index (κ2) is 9.36. The highest BCUT2D eigenvalue weighted by Crippen LogP contribution is 2.26. The maximum atomic E-state index is 12.4. The van der Waals surface area contributed by atoms with Gasteiger partial charge < -0.3 is 14.4 Å². The van der Waals surface area contributed by atoms with Gasteiger partial charge in [-0.15, -0.1) is 11.3 Å². The van der Waals surface area contributed by atoms with E-state index in [-0.39, 0.29) is 6.61 Å². The van der Waals surface area contributed by atoms with E-state index in [1.165, 1.54) is 5.56 Å². The van der Waals surface area contributed by atoms with Crippen LogP contribution in [-0.4, -0.2) is 42.2 Å². The van der Waals surface area contributed by atoms with Crippen molar-refractivity contribution in [2.24, 2.45) is 0 Å². The number of carbonyl (C=O) groups excluding carboxylic acids is 1. The fraction of sp³-hybridized carbons (Fsp3) is 0.348. The van der Waals surface area contributed by atoms with E-state index in [0.717, 1.165) is 35.2 Å². The van der Waals surface area contributed by atoms with Crippen molar-refractivity contribution >= 4 is 23.1 Å². The van der Waals surface area contributed by atoms with Gasteiger partial charge in [0.2, 0.25) is 0 Å². The van der Waals surface area contributed by atoms with Gasteiger partial charge in [-0.3, -0.25) is 0 Å². The van der Waals surface area contributed by atoms with Crippen LogP contribution >= 0.6 is 11.3 Å². The summed E-state index contributed by atoms with van der Waals surface area (Å²) in [5, 5.41) is 2.85. The number of anilines is 1. The lowest BCUT2D eigenvalue weighted by molar-refractivity contribution is 0.0468. The van der Waals surface area contributed by atoms with Crippen LogP contribution < -0.4 is 4.90 Å². The van der Waals surface area contributed by atoms with E-state index >= 15 is 0 Å². The van der Waals surface area contributed by atoms with Crippen LogP contribution in [0.1, 0.15) is 41.4 Å². The molecule has 3 aromatic rings. The van der Waals surface area contributed by atoms with Gasteiger partial charge in [-0.1, -0.05) is 38.1 Å². The Morgan fingerprint density at radius 2 is 1.93 bits per heavy atom. The van der Waals surface area contributed by atoms with Crippen molar-refractivity contribution < 1.29 is 14.3 Å². The smallest absolute Gasteiger partial charge is 0.340 e. The average molecular weight is 424 g/mol. The fourth-order valence-corrected chi connectivity index (χ4v) is 4.04. The molecule has 3 heterocycles. The first-order chi connectivity index (χ1) is 14.6. The number of hydrogen-bond donors (Lipinski definition) is 0. The van der Waals surface area contributed by atoms with E-state index in [0.29, 0.717) is 24.7 Å². The van der Waals surface area contributed by atoms with Gasteiger partial charge in [0, 0.05) is 30.2 Å². The highest BCUT2D eigenvalue weighted by Gasteiger charge is 2.15. The number of morpholine rings is 1. The van der Waals surface area contributed by atoms with Gasteiger partial charge in [0.1, 0.15) is 17.4 Å². The summed E-state index contributed by atoms with van der Waals surface area (Å²) in [6.45, 7) is 7.51. The standard InChI is InChI=1S/C23H25N3O3S/c1-16(2)17-3-5-18(6-4-17)22-25-20(15-30-22)14-29-23(27)19-7-8-21(24-13-19)26-9-11-28-12-10-26/h3-8,13,15-16H,9-12,14H2,1-2H3. The lowest BCUT2D eigenvalue weighted by atomic mass is 10.0. The molecule has 7 heteroatoms. The number of hydrogen-bond acceptors (Lipinski definition) is 7. The van der Waals surface area contributed by atoms with Crippen molar-refractivity contribution in [3.63, 3.8) is 0 Å². The van der Waals surface area contributed by atoms with Gasteiger partial charge in [-0.25, -0.2) is 14.8 Å². The number of ether oxygens (including phenoxy) is 2. The van der Waals surface area contributed by atoms with Gasteiger partial charge in [0.15, 0.2) is 0 Å². The van der Waals surface area contributed by atoms with Crippen LogP contribution in [0.5, 0.6) is 0 Å². The summed E-state index contributed by atoms with van der Waals surface area (Å²) in [6, 6.07) is 12.0. The number of pyridine rings is 1. The second-order valence-corrected chi connectivity index (χ2v) is 8.36. The first kappa shape index (κ1) is 20.5. The molecule has 156 valence electrons. The van der Waals surface area contributed by atoms with Gasteiger partial charge >= 0.3 is 5.97 Å². The van der Waals surface area contributed by atoms with Crippen LogP contribution in [0.25, 0.3) is 10.6 Å².